The Labute approximate surface area is 229 Å². The van der Waals surface area contributed by atoms with Crippen LogP contribution >= 0.6 is 0 Å². The van der Waals surface area contributed by atoms with E-state index in [1.165, 1.54) is 41.2 Å². The maximum Gasteiger partial charge on any atom is 0.257 e. The number of aliphatic hydroxyl groups is 1. The van der Waals surface area contributed by atoms with Gasteiger partial charge in [-0.25, -0.2) is 20.8 Å². The number of rotatable bonds is 7. The standard InChI is InChI=1S/C28H35N3O6S2/c1-27(2,3)39(36,37)31-13-8-20-4-5-21(18-24(20)31)29-26(33)23-7-6-22(38(34,35)17-16-32)19-25(23)30-14-11-28(9-10-28)12-15-30/h4-8,13,18-19,32H,9-12,14-17H2,1-3H3,(H,29,33). The van der Waals surface area contributed by atoms with Gasteiger partial charge in [0, 0.05) is 30.4 Å². The SMILES string of the molecule is CC(C)(C)S(=O)(=O)n1ccc2ccc(NC(=O)c3ccc(S(=O)(=O)CCO)cc3N3CCC4(CC3)CC4)cc21. The predicted octanol–water partition coefficient (Wildman–Crippen LogP) is 4.02. The summed E-state index contributed by atoms with van der Waals surface area (Å²) in [6.07, 6.45) is 5.95. The van der Waals surface area contributed by atoms with Gasteiger partial charge in [0.2, 0.25) is 10.0 Å². The third-order valence-electron chi connectivity index (χ3n) is 8.00. The molecule has 2 fully saturated rings. The Kier molecular flexibility index (Phi) is 6.84. The summed E-state index contributed by atoms with van der Waals surface area (Å²) in [4.78, 5) is 15.7. The molecule has 1 aromatic heterocycles. The molecule has 9 nitrogen and oxygen atoms in total. The van der Waals surface area contributed by atoms with Crippen molar-refractivity contribution in [2.24, 2.45) is 5.41 Å². The first-order valence-electron chi connectivity index (χ1n) is 13.2. The Bertz CT molecular complexity index is 1640. The van der Waals surface area contributed by atoms with E-state index in [-0.39, 0.29) is 4.90 Å². The first kappa shape index (κ1) is 27.7. The van der Waals surface area contributed by atoms with Crippen molar-refractivity contribution in [3.05, 3.63) is 54.2 Å². The highest BCUT2D eigenvalue weighted by atomic mass is 32.2. The number of anilines is 2. The van der Waals surface area contributed by atoms with E-state index in [9.17, 15) is 26.7 Å². The van der Waals surface area contributed by atoms with E-state index in [0.717, 1.165) is 31.3 Å². The molecule has 1 saturated heterocycles. The third-order valence-corrected chi connectivity index (χ3v) is 12.1. The number of benzene rings is 2. The molecule has 1 saturated carbocycles. The van der Waals surface area contributed by atoms with Crippen molar-refractivity contribution in [3.63, 3.8) is 0 Å². The molecule has 2 heterocycles. The first-order valence-corrected chi connectivity index (χ1v) is 16.3. The molecule has 2 aromatic carbocycles. The number of nitrogens with one attached hydrogen (secondary N) is 1. The minimum absolute atomic E-state index is 0.0708. The molecule has 2 N–H and O–H groups in total. The van der Waals surface area contributed by atoms with E-state index < -0.39 is 42.9 Å². The molecule has 1 spiro atoms. The van der Waals surface area contributed by atoms with Gasteiger partial charge in [-0.05, 0) is 88.3 Å². The summed E-state index contributed by atoms with van der Waals surface area (Å²) >= 11 is 0. The van der Waals surface area contributed by atoms with Gasteiger partial charge in [-0.3, -0.25) is 4.79 Å². The second-order valence-corrected chi connectivity index (χ2v) is 16.3. The van der Waals surface area contributed by atoms with Gasteiger partial charge in [0.05, 0.1) is 38.8 Å². The van der Waals surface area contributed by atoms with E-state index >= 15 is 0 Å². The van der Waals surface area contributed by atoms with Crippen LogP contribution in [0.1, 0.15) is 56.8 Å². The number of piperidine rings is 1. The Hall–Kier alpha value is -2.89. The number of carbonyl (C=O) groups excluding carboxylic acids is 1. The van der Waals surface area contributed by atoms with Crippen molar-refractivity contribution < 1.29 is 26.7 Å². The lowest BCUT2D eigenvalue weighted by molar-refractivity contribution is 0.102. The lowest BCUT2D eigenvalue weighted by atomic mass is 9.93. The third kappa shape index (κ3) is 5.19. The van der Waals surface area contributed by atoms with Crippen molar-refractivity contribution in [2.45, 2.75) is 56.1 Å². The van der Waals surface area contributed by atoms with Crippen molar-refractivity contribution in [2.75, 3.05) is 35.7 Å². The van der Waals surface area contributed by atoms with Gasteiger partial charge >= 0.3 is 0 Å². The molecule has 0 radical (unpaired) electrons. The molecule has 0 atom stereocenters. The van der Waals surface area contributed by atoms with Gasteiger partial charge in [-0.2, -0.15) is 0 Å². The average Bonchev–Trinajstić information content (AvgIpc) is 3.48. The molecule has 39 heavy (non-hydrogen) atoms. The number of amides is 1. The number of aromatic nitrogens is 1. The van der Waals surface area contributed by atoms with Crippen LogP contribution in [0.3, 0.4) is 0 Å². The molecular formula is C28H35N3O6S2. The average molecular weight is 574 g/mol. The van der Waals surface area contributed by atoms with Crippen molar-refractivity contribution in [1.29, 1.82) is 0 Å². The van der Waals surface area contributed by atoms with E-state index in [1.54, 1.807) is 45.0 Å². The summed E-state index contributed by atoms with van der Waals surface area (Å²) < 4.78 is 51.9. The smallest absolute Gasteiger partial charge is 0.257 e. The van der Waals surface area contributed by atoms with E-state index in [2.05, 4.69) is 10.2 Å². The second kappa shape index (κ2) is 9.64. The highest BCUT2D eigenvalue weighted by Crippen LogP contribution is 2.54. The Morgan fingerprint density at radius 2 is 1.67 bits per heavy atom. The lowest BCUT2D eigenvalue weighted by Crippen LogP contribution is -2.36. The maximum absolute atomic E-state index is 13.6. The normalized spacial score (nSPS) is 17.5. The summed E-state index contributed by atoms with van der Waals surface area (Å²) in [5.41, 5.74) is 2.16. The van der Waals surface area contributed by atoms with Gasteiger partial charge in [-0.1, -0.05) is 6.07 Å². The van der Waals surface area contributed by atoms with Gasteiger partial charge < -0.3 is 15.3 Å². The van der Waals surface area contributed by atoms with E-state index in [4.69, 9.17) is 0 Å². The zero-order valence-corrected chi connectivity index (χ0v) is 24.1. The number of nitrogens with zero attached hydrogens (tertiary/aromatic N) is 2. The molecule has 2 aliphatic rings. The van der Waals surface area contributed by atoms with Crippen molar-refractivity contribution in [1.82, 2.24) is 3.97 Å². The van der Waals surface area contributed by atoms with Crippen LogP contribution in [0.4, 0.5) is 11.4 Å². The second-order valence-electron chi connectivity index (χ2n) is 11.7. The summed E-state index contributed by atoms with van der Waals surface area (Å²) in [6, 6.07) is 11.3. The quantitative estimate of drug-likeness (QED) is 0.437. The minimum atomic E-state index is -3.70. The zero-order valence-electron chi connectivity index (χ0n) is 22.5. The first-order chi connectivity index (χ1) is 18.3. The largest absolute Gasteiger partial charge is 0.395 e. The van der Waals surface area contributed by atoms with Crippen LogP contribution in [0, 0.1) is 5.41 Å². The Balaban J connectivity index is 1.49. The number of sulfone groups is 1. The predicted molar refractivity (Wildman–Crippen MR) is 153 cm³/mol. The minimum Gasteiger partial charge on any atom is -0.395 e. The molecule has 1 aliphatic heterocycles. The molecular weight excluding hydrogens is 538 g/mol. The monoisotopic (exact) mass is 573 g/mol. The summed E-state index contributed by atoms with van der Waals surface area (Å²) in [6.45, 7) is 5.88. The van der Waals surface area contributed by atoms with Gasteiger partial charge in [0.1, 0.15) is 0 Å². The fourth-order valence-corrected chi connectivity index (χ4v) is 7.45. The lowest BCUT2D eigenvalue weighted by Gasteiger charge is -2.35. The molecule has 1 amide bonds. The maximum atomic E-state index is 13.6. The molecule has 0 bridgehead atoms. The van der Waals surface area contributed by atoms with Gasteiger partial charge in [0.15, 0.2) is 9.84 Å². The summed E-state index contributed by atoms with van der Waals surface area (Å²) in [5, 5.41) is 12.8. The Morgan fingerprint density at radius 3 is 2.28 bits per heavy atom. The number of aliphatic hydroxyl groups excluding tert-OH is 1. The number of hydrogen-bond donors (Lipinski definition) is 2. The summed E-state index contributed by atoms with van der Waals surface area (Å²) in [5.74, 6) is -0.808. The van der Waals surface area contributed by atoms with Crippen molar-refractivity contribution >= 4 is 48.0 Å². The molecule has 210 valence electrons. The van der Waals surface area contributed by atoms with Crippen LogP contribution in [0.2, 0.25) is 0 Å². The fraction of sp³-hybridized carbons (Fsp3) is 0.464. The van der Waals surface area contributed by atoms with Crippen LogP contribution in [0.15, 0.2) is 53.6 Å². The van der Waals surface area contributed by atoms with Gasteiger partial charge in [-0.15, -0.1) is 0 Å². The highest BCUT2D eigenvalue weighted by Gasteiger charge is 2.44. The molecule has 0 unspecified atom stereocenters. The number of hydrogen-bond acceptors (Lipinski definition) is 7. The van der Waals surface area contributed by atoms with Crippen LogP contribution in [0.25, 0.3) is 10.9 Å². The number of fused-ring (bicyclic) bond motifs is 1. The molecule has 11 heteroatoms. The van der Waals surface area contributed by atoms with E-state index in [0.29, 0.717) is 27.9 Å². The topological polar surface area (TPSA) is 126 Å². The Morgan fingerprint density at radius 1 is 0.974 bits per heavy atom. The van der Waals surface area contributed by atoms with Crippen LogP contribution in [-0.2, 0) is 19.9 Å². The molecule has 1 aliphatic carbocycles. The zero-order chi connectivity index (χ0) is 28.2. The highest BCUT2D eigenvalue weighted by molar-refractivity contribution is 7.91. The molecule has 3 aromatic rings. The van der Waals surface area contributed by atoms with Crippen LogP contribution in [-0.4, -0.2) is 62.0 Å². The van der Waals surface area contributed by atoms with Crippen molar-refractivity contribution in [3.8, 4) is 0 Å². The summed E-state index contributed by atoms with van der Waals surface area (Å²) in [7, 11) is -7.38. The molecule has 5 rings (SSSR count). The fourth-order valence-electron chi connectivity index (χ4n) is 5.18. The number of carbonyl (C=O) groups is 1. The van der Waals surface area contributed by atoms with E-state index in [1.807, 2.05) is 0 Å². The van der Waals surface area contributed by atoms with Gasteiger partial charge in [0.25, 0.3) is 5.91 Å². The van der Waals surface area contributed by atoms with Crippen LogP contribution < -0.4 is 10.2 Å². The van der Waals surface area contributed by atoms with Crippen LogP contribution in [0.5, 0.6) is 0 Å².